The summed E-state index contributed by atoms with van der Waals surface area (Å²) in [5.74, 6) is 0.417. The number of thioether (sulfide) groups is 1. The molecule has 32 heavy (non-hydrogen) atoms. The number of ether oxygens (including phenoxy) is 1. The van der Waals surface area contributed by atoms with Crippen molar-refractivity contribution in [3.8, 4) is 5.75 Å². The molecule has 0 saturated carbocycles. The van der Waals surface area contributed by atoms with E-state index >= 15 is 0 Å². The fourth-order valence-corrected chi connectivity index (χ4v) is 3.71. The number of hydrazone groups is 1. The molecular formula is C23H18F2N4O2S. The van der Waals surface area contributed by atoms with Crippen LogP contribution in [0.25, 0.3) is 11.0 Å². The maximum absolute atomic E-state index is 12.3. The van der Waals surface area contributed by atoms with E-state index in [0.717, 1.165) is 21.8 Å². The first-order valence-corrected chi connectivity index (χ1v) is 10.6. The lowest BCUT2D eigenvalue weighted by Gasteiger charge is -2.04. The van der Waals surface area contributed by atoms with Crippen LogP contribution in [0, 0.1) is 0 Å². The number of hydrogen-bond donors (Lipinski definition) is 2. The minimum Gasteiger partial charge on any atom is -0.435 e. The van der Waals surface area contributed by atoms with Crippen LogP contribution in [0.2, 0.25) is 0 Å². The standard InChI is InChI=1S/C23H18F2N4O2S/c24-22(25)31-18-11-7-15(8-12-18)13-26-29-21(30)17-9-5-16(6-10-17)14-32-23-27-19-3-1-2-4-20(19)28-23/h1-13,22H,14H2,(H,27,28)(H,29,30)/b26-13-. The number of hydrogen-bond acceptors (Lipinski definition) is 5. The number of carbonyl (C=O) groups excluding carboxylic acids is 1. The number of H-pyrrole nitrogens is 1. The number of para-hydroxylation sites is 2. The maximum atomic E-state index is 12.3. The zero-order chi connectivity index (χ0) is 22.3. The maximum Gasteiger partial charge on any atom is 0.387 e. The number of imidazole rings is 1. The third-order valence-electron chi connectivity index (χ3n) is 4.44. The van der Waals surface area contributed by atoms with Crippen LogP contribution in [0.3, 0.4) is 0 Å². The first-order valence-electron chi connectivity index (χ1n) is 9.61. The first-order chi connectivity index (χ1) is 15.6. The third kappa shape index (κ3) is 5.70. The van der Waals surface area contributed by atoms with Gasteiger partial charge in [-0.2, -0.15) is 13.9 Å². The Morgan fingerprint density at radius 1 is 1.09 bits per heavy atom. The summed E-state index contributed by atoms with van der Waals surface area (Å²) in [5, 5.41) is 4.74. The summed E-state index contributed by atoms with van der Waals surface area (Å²) in [4.78, 5) is 20.1. The highest BCUT2D eigenvalue weighted by Crippen LogP contribution is 2.23. The Hall–Kier alpha value is -3.72. The molecule has 4 aromatic rings. The molecule has 4 rings (SSSR count). The molecule has 3 aromatic carbocycles. The molecular weight excluding hydrogens is 434 g/mol. The quantitative estimate of drug-likeness (QED) is 0.218. The summed E-state index contributed by atoms with van der Waals surface area (Å²) in [7, 11) is 0. The zero-order valence-corrected chi connectivity index (χ0v) is 17.5. The first kappa shape index (κ1) is 21.5. The van der Waals surface area contributed by atoms with Crippen LogP contribution in [-0.4, -0.2) is 28.7 Å². The van der Waals surface area contributed by atoms with Crippen LogP contribution in [0.4, 0.5) is 8.78 Å². The van der Waals surface area contributed by atoms with Gasteiger partial charge in [-0.25, -0.2) is 10.4 Å². The minimum absolute atomic E-state index is 0.0553. The number of halogens is 2. The largest absolute Gasteiger partial charge is 0.435 e. The molecule has 6 nitrogen and oxygen atoms in total. The number of carbonyl (C=O) groups is 1. The zero-order valence-electron chi connectivity index (χ0n) is 16.7. The topological polar surface area (TPSA) is 79.4 Å². The van der Waals surface area contributed by atoms with Crippen LogP contribution >= 0.6 is 11.8 Å². The highest BCUT2D eigenvalue weighted by Gasteiger charge is 2.07. The second kappa shape index (κ2) is 10.1. The van der Waals surface area contributed by atoms with Crippen molar-refractivity contribution < 1.29 is 18.3 Å². The molecule has 0 saturated heterocycles. The van der Waals surface area contributed by atoms with Gasteiger partial charge in [0.25, 0.3) is 5.91 Å². The molecule has 9 heteroatoms. The van der Waals surface area contributed by atoms with Gasteiger partial charge >= 0.3 is 6.61 Å². The van der Waals surface area contributed by atoms with E-state index in [9.17, 15) is 13.6 Å². The van der Waals surface area contributed by atoms with Crippen LogP contribution in [0.5, 0.6) is 5.75 Å². The van der Waals surface area contributed by atoms with Gasteiger partial charge in [0, 0.05) is 11.3 Å². The van der Waals surface area contributed by atoms with Gasteiger partial charge in [-0.05, 0) is 59.7 Å². The summed E-state index contributed by atoms with van der Waals surface area (Å²) in [6.07, 6.45) is 1.42. The number of amides is 1. The molecule has 0 atom stereocenters. The molecule has 0 fully saturated rings. The predicted molar refractivity (Wildman–Crippen MR) is 120 cm³/mol. The molecule has 1 amide bonds. The molecule has 1 aromatic heterocycles. The van der Waals surface area contributed by atoms with E-state index in [1.807, 2.05) is 36.4 Å². The SMILES string of the molecule is O=C(N/N=C\c1ccc(OC(F)F)cc1)c1ccc(CSc2nc3ccccc3[nH]2)cc1. The molecule has 0 aliphatic heterocycles. The van der Waals surface area contributed by atoms with E-state index in [0.29, 0.717) is 16.9 Å². The number of aromatic nitrogens is 2. The third-order valence-corrected chi connectivity index (χ3v) is 5.39. The fourth-order valence-electron chi connectivity index (χ4n) is 2.87. The van der Waals surface area contributed by atoms with Gasteiger partial charge in [-0.1, -0.05) is 36.0 Å². The lowest BCUT2D eigenvalue weighted by molar-refractivity contribution is -0.0498. The second-order valence-corrected chi connectivity index (χ2v) is 7.66. The number of benzene rings is 3. The average molecular weight is 452 g/mol. The number of nitrogens with zero attached hydrogens (tertiary/aromatic N) is 2. The Bertz CT molecular complexity index is 1190. The number of aromatic amines is 1. The van der Waals surface area contributed by atoms with Crippen LogP contribution in [0.1, 0.15) is 21.5 Å². The minimum atomic E-state index is -2.87. The highest BCUT2D eigenvalue weighted by molar-refractivity contribution is 7.98. The lowest BCUT2D eigenvalue weighted by Crippen LogP contribution is -2.17. The van der Waals surface area contributed by atoms with Crippen molar-refractivity contribution in [3.63, 3.8) is 0 Å². The highest BCUT2D eigenvalue weighted by atomic mass is 32.2. The molecule has 1 heterocycles. The molecule has 0 bridgehead atoms. The number of nitrogens with one attached hydrogen (secondary N) is 2. The van der Waals surface area contributed by atoms with E-state index < -0.39 is 6.61 Å². The Balaban J connectivity index is 1.28. The van der Waals surface area contributed by atoms with Crippen molar-refractivity contribution in [1.82, 2.24) is 15.4 Å². The van der Waals surface area contributed by atoms with Crippen LogP contribution in [-0.2, 0) is 5.75 Å². The van der Waals surface area contributed by atoms with Gasteiger partial charge in [0.1, 0.15) is 5.75 Å². The van der Waals surface area contributed by atoms with Crippen LogP contribution in [0.15, 0.2) is 83.1 Å². The van der Waals surface area contributed by atoms with Crippen molar-refractivity contribution in [3.05, 3.63) is 89.5 Å². The monoisotopic (exact) mass is 452 g/mol. The Kier molecular flexibility index (Phi) is 6.76. The molecule has 162 valence electrons. The van der Waals surface area contributed by atoms with Crippen molar-refractivity contribution in [2.24, 2.45) is 5.10 Å². The molecule has 0 unspecified atom stereocenters. The fraction of sp³-hybridized carbons (Fsp3) is 0.0870. The molecule has 0 aliphatic rings. The number of fused-ring (bicyclic) bond motifs is 1. The van der Waals surface area contributed by atoms with Crippen molar-refractivity contribution >= 4 is 34.9 Å². The summed E-state index contributed by atoms with van der Waals surface area (Å²) >= 11 is 1.59. The van der Waals surface area contributed by atoms with Crippen molar-refractivity contribution in [1.29, 1.82) is 0 Å². The Labute approximate surface area is 186 Å². The number of alkyl halides is 2. The van der Waals surface area contributed by atoms with Gasteiger partial charge in [0.15, 0.2) is 5.16 Å². The molecule has 0 aliphatic carbocycles. The lowest BCUT2D eigenvalue weighted by atomic mass is 10.1. The summed E-state index contributed by atoms with van der Waals surface area (Å²) in [6, 6.07) is 21.0. The molecule has 0 radical (unpaired) electrons. The van der Waals surface area contributed by atoms with Crippen LogP contribution < -0.4 is 10.2 Å². The Morgan fingerprint density at radius 3 is 2.56 bits per heavy atom. The normalized spacial score (nSPS) is 11.3. The van der Waals surface area contributed by atoms with E-state index in [4.69, 9.17) is 0 Å². The van der Waals surface area contributed by atoms with E-state index in [1.165, 1.54) is 18.3 Å². The summed E-state index contributed by atoms with van der Waals surface area (Å²) in [5.41, 5.74) is 6.54. The average Bonchev–Trinajstić information content (AvgIpc) is 3.22. The predicted octanol–water partition coefficient (Wildman–Crippen LogP) is 5.22. The summed E-state index contributed by atoms with van der Waals surface area (Å²) < 4.78 is 28.6. The van der Waals surface area contributed by atoms with Crippen molar-refractivity contribution in [2.75, 3.05) is 0 Å². The van der Waals surface area contributed by atoms with E-state index in [2.05, 4.69) is 25.2 Å². The van der Waals surface area contributed by atoms with Gasteiger partial charge in [0.2, 0.25) is 0 Å². The van der Waals surface area contributed by atoms with E-state index in [-0.39, 0.29) is 11.7 Å². The smallest absolute Gasteiger partial charge is 0.387 e. The number of rotatable bonds is 8. The van der Waals surface area contributed by atoms with E-state index in [1.54, 1.807) is 36.0 Å². The van der Waals surface area contributed by atoms with Gasteiger partial charge in [-0.15, -0.1) is 0 Å². The Morgan fingerprint density at radius 2 is 1.84 bits per heavy atom. The second-order valence-electron chi connectivity index (χ2n) is 6.69. The molecule has 2 N–H and O–H groups in total. The van der Waals surface area contributed by atoms with Gasteiger partial charge < -0.3 is 9.72 Å². The van der Waals surface area contributed by atoms with Crippen molar-refractivity contribution in [2.45, 2.75) is 17.5 Å². The molecule has 0 spiro atoms. The van der Waals surface area contributed by atoms with Gasteiger partial charge in [-0.3, -0.25) is 4.79 Å². The summed E-state index contributed by atoms with van der Waals surface area (Å²) in [6.45, 7) is -2.87. The van der Waals surface area contributed by atoms with Gasteiger partial charge in [0.05, 0.1) is 17.2 Å².